The number of para-hydroxylation sites is 1. The Balaban J connectivity index is 1.75. The molecule has 0 radical (unpaired) electrons. The molecule has 0 unspecified atom stereocenters. The molecule has 2 aromatic rings. The summed E-state index contributed by atoms with van der Waals surface area (Å²) < 4.78 is 0. The molecule has 0 saturated carbocycles. The summed E-state index contributed by atoms with van der Waals surface area (Å²) in [6, 6.07) is 11.0. The van der Waals surface area contributed by atoms with Crippen LogP contribution in [0.2, 0.25) is 0 Å². The summed E-state index contributed by atoms with van der Waals surface area (Å²) in [4.78, 5) is 6.93. The Morgan fingerprint density at radius 3 is 2.79 bits per heavy atom. The van der Waals surface area contributed by atoms with Gasteiger partial charge in [-0.2, -0.15) is 0 Å². The maximum atomic E-state index is 4.41. The second-order valence-electron chi connectivity index (χ2n) is 5.23. The van der Waals surface area contributed by atoms with Gasteiger partial charge in [-0.15, -0.1) is 0 Å². The highest BCUT2D eigenvalue weighted by Crippen LogP contribution is 2.23. The van der Waals surface area contributed by atoms with Crippen molar-refractivity contribution in [1.29, 1.82) is 0 Å². The van der Waals surface area contributed by atoms with Crippen LogP contribution in [0.4, 0.5) is 5.69 Å². The van der Waals surface area contributed by atoms with Gasteiger partial charge in [0.05, 0.1) is 5.52 Å². The van der Waals surface area contributed by atoms with Gasteiger partial charge in [-0.3, -0.25) is 4.98 Å². The first-order chi connectivity index (χ1) is 9.36. The van der Waals surface area contributed by atoms with Crippen LogP contribution in [-0.4, -0.2) is 35.6 Å². The summed E-state index contributed by atoms with van der Waals surface area (Å²) in [5.74, 6) is 0. The molecule has 1 saturated heterocycles. The van der Waals surface area contributed by atoms with E-state index < -0.39 is 0 Å². The van der Waals surface area contributed by atoms with E-state index in [9.17, 15) is 0 Å². The number of nitrogens with zero attached hydrogens (tertiary/aromatic N) is 2. The summed E-state index contributed by atoms with van der Waals surface area (Å²) in [7, 11) is 0. The number of hydrogen-bond donors (Lipinski definition) is 1. The SMILES string of the molecule is CCN1CCC(Nc2ccnc3ccccc23)CC1. The lowest BCUT2D eigenvalue weighted by Gasteiger charge is -2.32. The molecule has 0 amide bonds. The molecular formula is C16H21N3. The molecule has 0 spiro atoms. The fraction of sp³-hybridized carbons (Fsp3) is 0.438. The van der Waals surface area contributed by atoms with Crippen molar-refractivity contribution in [3.8, 4) is 0 Å². The maximum Gasteiger partial charge on any atom is 0.0722 e. The van der Waals surface area contributed by atoms with Gasteiger partial charge in [-0.1, -0.05) is 25.1 Å². The number of pyridine rings is 1. The van der Waals surface area contributed by atoms with E-state index in [0.29, 0.717) is 6.04 Å². The molecule has 1 aliphatic rings. The number of rotatable bonds is 3. The number of aromatic nitrogens is 1. The summed E-state index contributed by atoms with van der Waals surface area (Å²) in [6.07, 6.45) is 4.35. The molecule has 1 aromatic carbocycles. The van der Waals surface area contributed by atoms with Crippen molar-refractivity contribution in [2.75, 3.05) is 25.0 Å². The highest BCUT2D eigenvalue weighted by Gasteiger charge is 2.18. The Morgan fingerprint density at radius 1 is 1.21 bits per heavy atom. The normalized spacial score (nSPS) is 17.7. The van der Waals surface area contributed by atoms with E-state index in [1.54, 1.807) is 0 Å². The smallest absolute Gasteiger partial charge is 0.0722 e. The van der Waals surface area contributed by atoms with E-state index in [1.807, 2.05) is 12.3 Å². The Bertz CT molecular complexity index is 539. The van der Waals surface area contributed by atoms with Gasteiger partial charge in [0.1, 0.15) is 0 Å². The molecule has 3 rings (SSSR count). The summed E-state index contributed by atoms with van der Waals surface area (Å²) in [5.41, 5.74) is 2.29. The number of benzene rings is 1. The Hall–Kier alpha value is -1.61. The largest absolute Gasteiger partial charge is 0.382 e. The minimum Gasteiger partial charge on any atom is -0.382 e. The fourth-order valence-corrected chi connectivity index (χ4v) is 2.84. The standard InChI is InChI=1S/C16H21N3/c1-2-19-11-8-13(9-12-19)18-16-7-10-17-15-6-4-3-5-14(15)16/h3-7,10,13H,2,8-9,11-12H2,1H3,(H,17,18). The van der Waals surface area contributed by atoms with Gasteiger partial charge in [0.2, 0.25) is 0 Å². The first kappa shape index (κ1) is 12.4. The quantitative estimate of drug-likeness (QED) is 0.913. The summed E-state index contributed by atoms with van der Waals surface area (Å²) in [5, 5.41) is 4.93. The van der Waals surface area contributed by atoms with E-state index in [1.165, 1.54) is 43.5 Å². The third kappa shape index (κ3) is 2.71. The molecule has 1 aromatic heterocycles. The fourth-order valence-electron chi connectivity index (χ4n) is 2.84. The Morgan fingerprint density at radius 2 is 2.00 bits per heavy atom. The predicted molar refractivity (Wildman–Crippen MR) is 80.5 cm³/mol. The molecule has 1 fully saturated rings. The monoisotopic (exact) mass is 255 g/mol. The van der Waals surface area contributed by atoms with Crippen LogP contribution in [0.25, 0.3) is 10.9 Å². The highest BCUT2D eigenvalue weighted by atomic mass is 15.1. The molecule has 3 heteroatoms. The second-order valence-corrected chi connectivity index (χ2v) is 5.23. The number of hydrogen-bond acceptors (Lipinski definition) is 3. The molecule has 3 nitrogen and oxygen atoms in total. The Kier molecular flexibility index (Phi) is 3.65. The van der Waals surface area contributed by atoms with Gasteiger partial charge in [0, 0.05) is 36.4 Å². The van der Waals surface area contributed by atoms with E-state index in [-0.39, 0.29) is 0 Å². The zero-order chi connectivity index (χ0) is 13.1. The molecule has 19 heavy (non-hydrogen) atoms. The van der Waals surface area contributed by atoms with Gasteiger partial charge in [-0.25, -0.2) is 0 Å². The van der Waals surface area contributed by atoms with E-state index in [2.05, 4.69) is 46.4 Å². The van der Waals surface area contributed by atoms with Crippen molar-refractivity contribution in [2.45, 2.75) is 25.8 Å². The first-order valence-corrected chi connectivity index (χ1v) is 7.19. The average molecular weight is 255 g/mol. The number of likely N-dealkylation sites (tertiary alicyclic amines) is 1. The van der Waals surface area contributed by atoms with Gasteiger partial charge in [-0.05, 0) is 31.5 Å². The minimum absolute atomic E-state index is 0.591. The molecule has 1 aliphatic heterocycles. The van der Waals surface area contributed by atoms with E-state index in [0.717, 1.165) is 5.52 Å². The van der Waals surface area contributed by atoms with Crippen molar-refractivity contribution in [3.05, 3.63) is 36.5 Å². The van der Waals surface area contributed by atoms with Gasteiger partial charge >= 0.3 is 0 Å². The lowest BCUT2D eigenvalue weighted by atomic mass is 10.0. The van der Waals surface area contributed by atoms with Crippen LogP contribution in [0.3, 0.4) is 0 Å². The van der Waals surface area contributed by atoms with Crippen LogP contribution < -0.4 is 5.32 Å². The van der Waals surface area contributed by atoms with Crippen LogP contribution in [-0.2, 0) is 0 Å². The highest BCUT2D eigenvalue weighted by molar-refractivity contribution is 5.90. The van der Waals surface area contributed by atoms with Crippen LogP contribution in [0.1, 0.15) is 19.8 Å². The third-order valence-corrected chi connectivity index (χ3v) is 4.04. The summed E-state index contributed by atoms with van der Waals surface area (Å²) in [6.45, 7) is 5.82. The average Bonchev–Trinajstić information content (AvgIpc) is 2.48. The molecule has 0 aliphatic carbocycles. The van der Waals surface area contributed by atoms with E-state index in [4.69, 9.17) is 0 Å². The molecule has 100 valence electrons. The minimum atomic E-state index is 0.591. The van der Waals surface area contributed by atoms with Crippen molar-refractivity contribution in [1.82, 2.24) is 9.88 Å². The molecule has 0 atom stereocenters. The van der Waals surface area contributed by atoms with Crippen LogP contribution in [0.5, 0.6) is 0 Å². The molecule has 1 N–H and O–H groups in total. The van der Waals surface area contributed by atoms with Gasteiger partial charge < -0.3 is 10.2 Å². The van der Waals surface area contributed by atoms with Crippen LogP contribution >= 0.6 is 0 Å². The van der Waals surface area contributed by atoms with Crippen molar-refractivity contribution < 1.29 is 0 Å². The third-order valence-electron chi connectivity index (χ3n) is 4.04. The number of anilines is 1. The second kappa shape index (κ2) is 5.57. The van der Waals surface area contributed by atoms with Gasteiger partial charge in [0.15, 0.2) is 0 Å². The lowest BCUT2D eigenvalue weighted by Crippen LogP contribution is -2.38. The van der Waals surface area contributed by atoms with Crippen molar-refractivity contribution in [2.24, 2.45) is 0 Å². The van der Waals surface area contributed by atoms with Crippen molar-refractivity contribution in [3.63, 3.8) is 0 Å². The number of fused-ring (bicyclic) bond motifs is 1. The topological polar surface area (TPSA) is 28.2 Å². The van der Waals surface area contributed by atoms with E-state index >= 15 is 0 Å². The van der Waals surface area contributed by atoms with Crippen molar-refractivity contribution >= 4 is 16.6 Å². The zero-order valence-corrected chi connectivity index (χ0v) is 11.5. The molecule has 2 heterocycles. The van der Waals surface area contributed by atoms with Crippen LogP contribution in [0, 0.1) is 0 Å². The van der Waals surface area contributed by atoms with Gasteiger partial charge in [0.25, 0.3) is 0 Å². The lowest BCUT2D eigenvalue weighted by molar-refractivity contribution is 0.229. The maximum absolute atomic E-state index is 4.41. The number of nitrogens with one attached hydrogen (secondary N) is 1. The Labute approximate surface area is 114 Å². The first-order valence-electron chi connectivity index (χ1n) is 7.19. The molecule has 0 bridgehead atoms. The predicted octanol–water partition coefficient (Wildman–Crippen LogP) is 3.13. The zero-order valence-electron chi connectivity index (χ0n) is 11.5. The number of piperidine rings is 1. The molecular weight excluding hydrogens is 234 g/mol. The van der Waals surface area contributed by atoms with Crippen LogP contribution in [0.15, 0.2) is 36.5 Å². The summed E-state index contributed by atoms with van der Waals surface area (Å²) >= 11 is 0.